The van der Waals surface area contributed by atoms with Crippen LogP contribution < -0.4 is 0 Å². The van der Waals surface area contributed by atoms with Gasteiger partial charge in [0, 0.05) is 29.6 Å². The molecule has 5 heteroatoms. The van der Waals surface area contributed by atoms with Crippen molar-refractivity contribution in [2.24, 2.45) is 0 Å². The Kier molecular flexibility index (Phi) is 3.47. The molecule has 1 amide bonds. The Balaban J connectivity index is 1.78. The van der Waals surface area contributed by atoms with Crippen molar-refractivity contribution < 1.29 is 4.79 Å². The molecule has 0 saturated carbocycles. The van der Waals surface area contributed by atoms with Gasteiger partial charge in [-0.1, -0.05) is 0 Å². The van der Waals surface area contributed by atoms with E-state index in [1.54, 1.807) is 0 Å². The Morgan fingerprint density at radius 2 is 2.17 bits per heavy atom. The average molecular weight is 329 g/mol. The zero-order chi connectivity index (χ0) is 12.7. The molecule has 0 N–H and O–H groups in total. The number of hydrogen-bond donors (Lipinski definition) is 0. The summed E-state index contributed by atoms with van der Waals surface area (Å²) < 4.78 is 0.931. The second-order valence-corrected chi connectivity index (χ2v) is 6.96. The molecule has 1 aromatic rings. The largest absolute Gasteiger partial charge is 0.336 e. The van der Waals surface area contributed by atoms with E-state index in [4.69, 9.17) is 0 Å². The van der Waals surface area contributed by atoms with E-state index in [-0.39, 0.29) is 5.91 Å². The first kappa shape index (κ1) is 12.6. The molecule has 2 aliphatic heterocycles. The first-order valence-corrected chi connectivity index (χ1v) is 8.08. The number of hydrogen-bond acceptors (Lipinski definition) is 3. The van der Waals surface area contributed by atoms with E-state index < -0.39 is 0 Å². The van der Waals surface area contributed by atoms with Gasteiger partial charge in [0.2, 0.25) is 0 Å². The molecule has 2 bridgehead atoms. The molecule has 2 saturated heterocycles. The number of likely N-dealkylation sites (tertiary alicyclic amines) is 1. The maximum absolute atomic E-state index is 12.5. The highest BCUT2D eigenvalue weighted by Gasteiger charge is 2.36. The molecule has 2 atom stereocenters. The number of carbonyl (C=O) groups excluding carboxylic acids is 1. The zero-order valence-corrected chi connectivity index (χ0v) is 12.8. The first-order valence-electron chi connectivity index (χ1n) is 6.41. The van der Waals surface area contributed by atoms with Gasteiger partial charge in [0.05, 0.1) is 0 Å². The molecule has 3 nitrogen and oxygen atoms in total. The molecule has 0 aliphatic carbocycles. The number of fused-ring (bicyclic) bond motifs is 2. The predicted molar refractivity (Wildman–Crippen MR) is 77.1 cm³/mol. The van der Waals surface area contributed by atoms with Crippen LogP contribution in [0.1, 0.15) is 28.9 Å². The predicted octanol–water partition coefficient (Wildman–Crippen LogP) is 2.82. The van der Waals surface area contributed by atoms with Crippen LogP contribution >= 0.6 is 27.3 Å². The van der Waals surface area contributed by atoms with E-state index in [1.807, 2.05) is 16.3 Å². The van der Waals surface area contributed by atoms with Gasteiger partial charge in [0.25, 0.3) is 5.91 Å². The summed E-state index contributed by atoms with van der Waals surface area (Å²) in [5.74, 6) is 0.192. The molecule has 2 unspecified atom stereocenters. The Bertz CT molecular complexity index is 462. The lowest BCUT2D eigenvalue weighted by molar-refractivity contribution is 0.0744. The Hall–Kier alpha value is -0.390. The standard InChI is InChI=1S/C13H17BrN2OS/c1-15-9-2-3-10(15)8-16(6-4-9)13(17)12-11(14)5-7-18-12/h5,7,9-10H,2-4,6,8H2,1H3. The van der Waals surface area contributed by atoms with Gasteiger partial charge in [-0.2, -0.15) is 0 Å². The van der Waals surface area contributed by atoms with Gasteiger partial charge in [0.1, 0.15) is 4.88 Å². The number of carbonyl (C=O) groups is 1. The highest BCUT2D eigenvalue weighted by molar-refractivity contribution is 9.10. The van der Waals surface area contributed by atoms with Crippen LogP contribution in [0, 0.1) is 0 Å². The van der Waals surface area contributed by atoms with Crippen molar-refractivity contribution in [1.82, 2.24) is 9.80 Å². The molecular weight excluding hydrogens is 312 g/mol. The summed E-state index contributed by atoms with van der Waals surface area (Å²) >= 11 is 4.99. The average Bonchev–Trinajstić information content (AvgIpc) is 2.84. The molecule has 0 radical (unpaired) electrons. The fourth-order valence-electron chi connectivity index (χ4n) is 3.08. The Labute approximate surface area is 120 Å². The number of nitrogens with zero attached hydrogens (tertiary/aromatic N) is 2. The van der Waals surface area contributed by atoms with Crippen LogP contribution in [-0.4, -0.2) is 47.9 Å². The van der Waals surface area contributed by atoms with Crippen molar-refractivity contribution in [3.63, 3.8) is 0 Å². The minimum atomic E-state index is 0.192. The minimum Gasteiger partial charge on any atom is -0.336 e. The summed E-state index contributed by atoms with van der Waals surface area (Å²) in [6.07, 6.45) is 3.64. The van der Waals surface area contributed by atoms with Crippen LogP contribution in [0.25, 0.3) is 0 Å². The van der Waals surface area contributed by atoms with E-state index in [0.717, 1.165) is 28.9 Å². The quantitative estimate of drug-likeness (QED) is 0.791. The van der Waals surface area contributed by atoms with Gasteiger partial charge >= 0.3 is 0 Å². The number of likely N-dealkylation sites (N-methyl/N-ethyl adjacent to an activating group) is 1. The zero-order valence-electron chi connectivity index (χ0n) is 10.4. The van der Waals surface area contributed by atoms with Gasteiger partial charge < -0.3 is 4.90 Å². The van der Waals surface area contributed by atoms with Gasteiger partial charge in [-0.05, 0) is 53.7 Å². The summed E-state index contributed by atoms with van der Waals surface area (Å²) in [6.45, 7) is 1.78. The van der Waals surface area contributed by atoms with Crippen LogP contribution in [0.5, 0.6) is 0 Å². The third-order valence-corrected chi connectivity index (χ3v) is 6.07. The number of halogens is 1. The maximum atomic E-state index is 12.5. The normalized spacial score (nSPS) is 28.4. The van der Waals surface area contributed by atoms with Crippen molar-refractivity contribution >= 4 is 33.2 Å². The van der Waals surface area contributed by atoms with E-state index in [2.05, 4.69) is 27.9 Å². The smallest absolute Gasteiger partial charge is 0.265 e. The van der Waals surface area contributed by atoms with Crippen molar-refractivity contribution in [2.45, 2.75) is 31.3 Å². The fraction of sp³-hybridized carbons (Fsp3) is 0.615. The number of thiophene rings is 1. The van der Waals surface area contributed by atoms with Crippen LogP contribution in [0.2, 0.25) is 0 Å². The third kappa shape index (κ3) is 2.12. The van der Waals surface area contributed by atoms with Crippen LogP contribution in [0.3, 0.4) is 0 Å². The van der Waals surface area contributed by atoms with Crippen LogP contribution in [-0.2, 0) is 0 Å². The maximum Gasteiger partial charge on any atom is 0.265 e. The van der Waals surface area contributed by atoms with E-state index in [1.165, 1.54) is 24.2 Å². The third-order valence-electron chi connectivity index (χ3n) is 4.25. The lowest BCUT2D eigenvalue weighted by atomic mass is 10.1. The summed E-state index contributed by atoms with van der Waals surface area (Å²) in [4.78, 5) is 17.9. The molecule has 2 fully saturated rings. The fourth-order valence-corrected chi connectivity index (χ4v) is 4.59. The van der Waals surface area contributed by atoms with Crippen molar-refractivity contribution in [1.29, 1.82) is 0 Å². The molecule has 2 aliphatic rings. The number of rotatable bonds is 1. The van der Waals surface area contributed by atoms with Crippen molar-refractivity contribution in [3.05, 3.63) is 20.8 Å². The molecule has 3 heterocycles. The topological polar surface area (TPSA) is 23.6 Å². The summed E-state index contributed by atoms with van der Waals surface area (Å²) in [6, 6.07) is 3.19. The molecular formula is C13H17BrN2OS. The van der Waals surface area contributed by atoms with Gasteiger partial charge in [0.15, 0.2) is 0 Å². The molecule has 1 aromatic heterocycles. The second-order valence-electron chi connectivity index (χ2n) is 5.19. The van der Waals surface area contributed by atoms with E-state index in [0.29, 0.717) is 12.1 Å². The molecule has 0 aromatic carbocycles. The molecule has 0 spiro atoms. The Morgan fingerprint density at radius 3 is 2.89 bits per heavy atom. The monoisotopic (exact) mass is 328 g/mol. The highest BCUT2D eigenvalue weighted by atomic mass is 79.9. The van der Waals surface area contributed by atoms with Gasteiger partial charge in [-0.3, -0.25) is 9.69 Å². The molecule has 18 heavy (non-hydrogen) atoms. The van der Waals surface area contributed by atoms with Crippen molar-refractivity contribution in [3.8, 4) is 0 Å². The highest BCUT2D eigenvalue weighted by Crippen LogP contribution is 2.30. The van der Waals surface area contributed by atoms with E-state index in [9.17, 15) is 4.79 Å². The second kappa shape index (κ2) is 4.94. The summed E-state index contributed by atoms with van der Waals surface area (Å²) in [7, 11) is 2.21. The van der Waals surface area contributed by atoms with E-state index >= 15 is 0 Å². The first-order chi connectivity index (χ1) is 8.66. The molecule has 3 rings (SSSR count). The van der Waals surface area contributed by atoms with Crippen LogP contribution in [0.15, 0.2) is 15.9 Å². The SMILES string of the molecule is CN1C2CCC1CN(C(=O)c1sccc1Br)CC2. The number of amides is 1. The summed E-state index contributed by atoms with van der Waals surface area (Å²) in [5.41, 5.74) is 0. The van der Waals surface area contributed by atoms with Crippen LogP contribution in [0.4, 0.5) is 0 Å². The minimum absolute atomic E-state index is 0.192. The van der Waals surface area contributed by atoms with Crippen molar-refractivity contribution in [2.75, 3.05) is 20.1 Å². The van der Waals surface area contributed by atoms with Gasteiger partial charge in [-0.25, -0.2) is 0 Å². The summed E-state index contributed by atoms with van der Waals surface area (Å²) in [5, 5.41) is 1.97. The Morgan fingerprint density at radius 1 is 1.39 bits per heavy atom. The molecule has 98 valence electrons. The lowest BCUT2D eigenvalue weighted by Gasteiger charge is -2.25. The lowest BCUT2D eigenvalue weighted by Crippen LogP contribution is -2.39. The van der Waals surface area contributed by atoms with Gasteiger partial charge in [-0.15, -0.1) is 11.3 Å².